The van der Waals surface area contributed by atoms with Crippen LogP contribution in [0, 0.1) is 0 Å². The minimum absolute atomic E-state index is 0.0851. The van der Waals surface area contributed by atoms with Crippen LogP contribution >= 0.6 is 0 Å². The molecule has 0 radical (unpaired) electrons. The van der Waals surface area contributed by atoms with Crippen LogP contribution in [0.1, 0.15) is 27.9 Å². The Morgan fingerprint density at radius 2 is 2.05 bits per heavy atom. The van der Waals surface area contributed by atoms with Gasteiger partial charge in [-0.15, -0.1) is 0 Å². The fraction of sp³-hybridized carbons (Fsp3) is 0.500. The first-order valence-electron chi connectivity index (χ1n) is 6.76. The smallest absolute Gasteiger partial charge is 0.253 e. The van der Waals surface area contributed by atoms with Gasteiger partial charge in [0.25, 0.3) is 5.91 Å². The third-order valence-electron chi connectivity index (χ3n) is 4.16. The Morgan fingerprint density at radius 1 is 1.30 bits per heavy atom. The number of carbonyl (C=O) groups is 1. The molecule has 20 heavy (non-hydrogen) atoms. The lowest BCUT2D eigenvalue weighted by Gasteiger charge is -2.23. The molecule has 6 heteroatoms. The largest absolute Gasteiger partial charge is 0.338 e. The summed E-state index contributed by atoms with van der Waals surface area (Å²) in [5.41, 5.74) is 3.02. The van der Waals surface area contributed by atoms with Gasteiger partial charge in [0.05, 0.1) is 11.5 Å². The molecule has 5 nitrogen and oxygen atoms in total. The van der Waals surface area contributed by atoms with E-state index in [0.717, 1.165) is 18.7 Å². The molecule has 1 amide bonds. The van der Waals surface area contributed by atoms with E-state index >= 15 is 0 Å². The van der Waals surface area contributed by atoms with Crippen LogP contribution in [-0.4, -0.2) is 43.8 Å². The van der Waals surface area contributed by atoms with Crippen molar-refractivity contribution in [3.05, 3.63) is 34.9 Å². The number of nitrogens with one attached hydrogen (secondary N) is 1. The molecule has 2 aliphatic heterocycles. The van der Waals surface area contributed by atoms with Gasteiger partial charge in [-0.25, -0.2) is 8.42 Å². The van der Waals surface area contributed by atoms with Crippen LogP contribution in [0.25, 0.3) is 0 Å². The highest BCUT2D eigenvalue weighted by molar-refractivity contribution is 7.91. The zero-order valence-corrected chi connectivity index (χ0v) is 12.2. The average Bonchev–Trinajstić information content (AvgIpc) is 3.02. The van der Waals surface area contributed by atoms with Gasteiger partial charge < -0.3 is 10.2 Å². The number of hydrogen-bond acceptors (Lipinski definition) is 4. The van der Waals surface area contributed by atoms with Crippen LogP contribution in [0.3, 0.4) is 0 Å². The van der Waals surface area contributed by atoms with Gasteiger partial charge >= 0.3 is 0 Å². The molecule has 0 saturated carbocycles. The molecule has 108 valence electrons. The van der Waals surface area contributed by atoms with Crippen molar-refractivity contribution in [1.82, 2.24) is 10.2 Å². The summed E-state index contributed by atoms with van der Waals surface area (Å²) in [4.78, 5) is 14.0. The van der Waals surface area contributed by atoms with Crippen LogP contribution in [-0.2, 0) is 22.9 Å². The molecule has 0 aliphatic carbocycles. The molecule has 1 saturated heterocycles. The number of amides is 1. The topological polar surface area (TPSA) is 66.5 Å². The number of nitrogens with zero attached hydrogens (tertiary/aromatic N) is 1. The first-order valence-corrected chi connectivity index (χ1v) is 8.58. The van der Waals surface area contributed by atoms with Crippen molar-refractivity contribution in [3.63, 3.8) is 0 Å². The van der Waals surface area contributed by atoms with E-state index in [2.05, 4.69) is 5.32 Å². The van der Waals surface area contributed by atoms with Gasteiger partial charge in [0.2, 0.25) is 0 Å². The molecule has 1 N–H and O–H groups in total. The van der Waals surface area contributed by atoms with Crippen molar-refractivity contribution in [2.24, 2.45) is 0 Å². The summed E-state index contributed by atoms with van der Waals surface area (Å²) in [5.74, 6) is 0.173. The van der Waals surface area contributed by atoms with Gasteiger partial charge in [0.1, 0.15) is 0 Å². The van der Waals surface area contributed by atoms with Crippen LogP contribution in [0.15, 0.2) is 18.2 Å². The van der Waals surface area contributed by atoms with Gasteiger partial charge in [-0.3, -0.25) is 4.79 Å². The zero-order chi connectivity index (χ0) is 14.3. The minimum Gasteiger partial charge on any atom is -0.338 e. The van der Waals surface area contributed by atoms with Gasteiger partial charge in [0.15, 0.2) is 9.84 Å². The molecular formula is C14H18N2O3S. The van der Waals surface area contributed by atoms with Crippen LogP contribution < -0.4 is 5.32 Å². The lowest BCUT2D eigenvalue weighted by atomic mass is 10.1. The second kappa shape index (κ2) is 4.86. The standard InChI is InChI=1S/C14H18N2O3S/c1-16(13-4-5-20(18,19)9-13)14(17)10-2-3-11-7-15-8-12(11)6-10/h2-3,6,13,15H,4-5,7-9H2,1H3. The second-order valence-electron chi connectivity index (χ2n) is 5.56. The van der Waals surface area contributed by atoms with E-state index in [1.54, 1.807) is 11.9 Å². The summed E-state index contributed by atoms with van der Waals surface area (Å²) < 4.78 is 23.0. The lowest BCUT2D eigenvalue weighted by Crippen LogP contribution is -2.37. The van der Waals surface area contributed by atoms with Gasteiger partial charge in [-0.1, -0.05) is 6.07 Å². The Hall–Kier alpha value is -1.40. The zero-order valence-electron chi connectivity index (χ0n) is 11.4. The lowest BCUT2D eigenvalue weighted by molar-refractivity contribution is 0.0747. The molecule has 0 aromatic heterocycles. The molecule has 1 aromatic carbocycles. The maximum atomic E-state index is 12.5. The van der Waals surface area contributed by atoms with Gasteiger partial charge in [-0.05, 0) is 29.7 Å². The Bertz CT molecular complexity index is 654. The van der Waals surface area contributed by atoms with Crippen molar-refractivity contribution in [2.75, 3.05) is 18.6 Å². The van der Waals surface area contributed by atoms with E-state index in [1.165, 1.54) is 5.56 Å². The van der Waals surface area contributed by atoms with Crippen LogP contribution in [0.5, 0.6) is 0 Å². The van der Waals surface area contributed by atoms with Gasteiger partial charge in [-0.2, -0.15) is 0 Å². The monoisotopic (exact) mass is 294 g/mol. The van der Waals surface area contributed by atoms with Crippen molar-refractivity contribution in [1.29, 1.82) is 0 Å². The highest BCUT2D eigenvalue weighted by Gasteiger charge is 2.33. The fourth-order valence-electron chi connectivity index (χ4n) is 2.88. The highest BCUT2D eigenvalue weighted by atomic mass is 32.2. The number of carbonyl (C=O) groups excluding carboxylic acids is 1. The number of benzene rings is 1. The Morgan fingerprint density at radius 3 is 2.75 bits per heavy atom. The molecule has 2 aliphatic rings. The first kappa shape index (κ1) is 13.6. The molecular weight excluding hydrogens is 276 g/mol. The number of hydrogen-bond donors (Lipinski definition) is 1. The molecule has 0 bridgehead atoms. The summed E-state index contributed by atoms with van der Waals surface area (Å²) in [6, 6.07) is 5.52. The summed E-state index contributed by atoms with van der Waals surface area (Å²) in [6.07, 6.45) is 0.539. The summed E-state index contributed by atoms with van der Waals surface area (Å²) in [6.45, 7) is 1.64. The summed E-state index contributed by atoms with van der Waals surface area (Å²) in [5, 5.41) is 3.24. The number of sulfone groups is 1. The third kappa shape index (κ3) is 2.45. The Kier molecular flexibility index (Phi) is 3.30. The SMILES string of the molecule is CN(C(=O)c1ccc2c(c1)CNC2)C1CCS(=O)(=O)C1. The maximum absolute atomic E-state index is 12.5. The van der Waals surface area contributed by atoms with E-state index in [-0.39, 0.29) is 23.5 Å². The predicted molar refractivity (Wildman–Crippen MR) is 76.1 cm³/mol. The quantitative estimate of drug-likeness (QED) is 0.865. The van der Waals surface area contributed by atoms with Crippen molar-refractivity contribution >= 4 is 15.7 Å². The highest BCUT2D eigenvalue weighted by Crippen LogP contribution is 2.21. The third-order valence-corrected chi connectivity index (χ3v) is 5.91. The average molecular weight is 294 g/mol. The predicted octanol–water partition coefficient (Wildman–Crippen LogP) is 0.549. The van der Waals surface area contributed by atoms with Gasteiger partial charge in [0, 0.05) is 31.7 Å². The summed E-state index contributed by atoms with van der Waals surface area (Å²) in [7, 11) is -1.28. The minimum atomic E-state index is -2.97. The van der Waals surface area contributed by atoms with E-state index in [9.17, 15) is 13.2 Å². The van der Waals surface area contributed by atoms with Crippen molar-refractivity contribution in [2.45, 2.75) is 25.6 Å². The first-order chi connectivity index (χ1) is 9.46. The van der Waals surface area contributed by atoms with E-state index in [1.807, 2.05) is 18.2 Å². The molecule has 1 atom stereocenters. The number of rotatable bonds is 2. The van der Waals surface area contributed by atoms with Crippen molar-refractivity contribution in [3.8, 4) is 0 Å². The molecule has 3 rings (SSSR count). The maximum Gasteiger partial charge on any atom is 0.253 e. The van der Waals surface area contributed by atoms with E-state index in [0.29, 0.717) is 12.0 Å². The molecule has 1 aromatic rings. The molecule has 2 heterocycles. The molecule has 1 fully saturated rings. The van der Waals surface area contributed by atoms with E-state index < -0.39 is 9.84 Å². The Balaban J connectivity index is 1.79. The summed E-state index contributed by atoms with van der Waals surface area (Å²) >= 11 is 0. The molecule has 1 unspecified atom stereocenters. The van der Waals surface area contributed by atoms with Crippen LogP contribution in [0.4, 0.5) is 0 Å². The molecule has 0 spiro atoms. The van der Waals surface area contributed by atoms with Crippen LogP contribution in [0.2, 0.25) is 0 Å². The van der Waals surface area contributed by atoms with E-state index in [4.69, 9.17) is 0 Å². The van der Waals surface area contributed by atoms with Crippen molar-refractivity contribution < 1.29 is 13.2 Å². The number of fused-ring (bicyclic) bond motifs is 1. The normalized spacial score (nSPS) is 23.6. The second-order valence-corrected chi connectivity index (χ2v) is 7.79. The fourth-order valence-corrected chi connectivity index (χ4v) is 4.65. The Labute approximate surface area is 118 Å².